The van der Waals surface area contributed by atoms with Gasteiger partial charge in [-0.25, -0.2) is 4.39 Å². The molecule has 0 aliphatic carbocycles. The van der Waals surface area contributed by atoms with Crippen molar-refractivity contribution in [2.24, 2.45) is 5.73 Å². The molecule has 2 nitrogen and oxygen atoms in total. The molecular formula is C18H18FNO. The van der Waals surface area contributed by atoms with Gasteiger partial charge in [-0.3, -0.25) is 0 Å². The molecule has 0 unspecified atom stereocenters. The Bertz CT molecular complexity index is 698. The van der Waals surface area contributed by atoms with Crippen LogP contribution in [0, 0.1) is 31.5 Å². The van der Waals surface area contributed by atoms with Gasteiger partial charge in [0.1, 0.15) is 6.61 Å². The lowest BCUT2D eigenvalue weighted by Gasteiger charge is -2.10. The molecule has 0 aromatic heterocycles. The van der Waals surface area contributed by atoms with Gasteiger partial charge in [0.05, 0.1) is 6.54 Å². The van der Waals surface area contributed by atoms with Crippen LogP contribution in [0.4, 0.5) is 4.39 Å². The quantitative estimate of drug-likeness (QED) is 0.877. The summed E-state index contributed by atoms with van der Waals surface area (Å²) >= 11 is 0. The Morgan fingerprint density at radius 2 is 1.95 bits per heavy atom. The summed E-state index contributed by atoms with van der Waals surface area (Å²) in [5.41, 5.74) is 9.35. The minimum Gasteiger partial charge on any atom is -0.486 e. The third-order valence-corrected chi connectivity index (χ3v) is 3.15. The van der Waals surface area contributed by atoms with E-state index in [2.05, 4.69) is 11.8 Å². The van der Waals surface area contributed by atoms with E-state index < -0.39 is 5.82 Å². The molecule has 2 aromatic rings. The van der Waals surface area contributed by atoms with Crippen LogP contribution in [0.3, 0.4) is 0 Å². The van der Waals surface area contributed by atoms with Gasteiger partial charge in [-0.05, 0) is 43.2 Å². The largest absolute Gasteiger partial charge is 0.486 e. The Kier molecular flexibility index (Phi) is 4.97. The van der Waals surface area contributed by atoms with Gasteiger partial charge in [0.25, 0.3) is 0 Å². The molecule has 21 heavy (non-hydrogen) atoms. The number of nitrogens with two attached hydrogens (primary N) is 1. The maximum Gasteiger partial charge on any atom is 0.165 e. The molecule has 3 heteroatoms. The maximum atomic E-state index is 13.8. The first kappa shape index (κ1) is 15.1. The zero-order valence-corrected chi connectivity index (χ0v) is 12.2. The highest BCUT2D eigenvalue weighted by Gasteiger charge is 2.06. The van der Waals surface area contributed by atoms with Crippen LogP contribution in [-0.2, 0) is 6.61 Å². The monoisotopic (exact) mass is 283 g/mol. The Hall–Kier alpha value is -2.31. The van der Waals surface area contributed by atoms with E-state index in [1.807, 2.05) is 32.0 Å². The lowest BCUT2D eigenvalue weighted by Crippen LogP contribution is -2.00. The average molecular weight is 283 g/mol. The first-order valence-electron chi connectivity index (χ1n) is 6.77. The Labute approximate surface area is 124 Å². The van der Waals surface area contributed by atoms with Crippen LogP contribution in [0.1, 0.15) is 22.3 Å². The van der Waals surface area contributed by atoms with Crippen molar-refractivity contribution < 1.29 is 9.13 Å². The predicted molar refractivity (Wildman–Crippen MR) is 82.6 cm³/mol. The number of halogens is 1. The van der Waals surface area contributed by atoms with Gasteiger partial charge < -0.3 is 10.5 Å². The van der Waals surface area contributed by atoms with Crippen LogP contribution >= 0.6 is 0 Å². The van der Waals surface area contributed by atoms with E-state index >= 15 is 0 Å². The van der Waals surface area contributed by atoms with Gasteiger partial charge >= 0.3 is 0 Å². The molecular weight excluding hydrogens is 265 g/mol. The molecule has 0 saturated carbocycles. The summed E-state index contributed by atoms with van der Waals surface area (Å²) < 4.78 is 19.4. The summed E-state index contributed by atoms with van der Waals surface area (Å²) in [5.74, 6) is 5.43. The number of ether oxygens (including phenoxy) is 1. The smallest absolute Gasteiger partial charge is 0.165 e. The Morgan fingerprint density at radius 3 is 2.71 bits per heavy atom. The standard InChI is InChI=1S/C18H18FNO/c1-13-5-6-14(2)16(10-13)12-21-18-11-15(4-3-9-20)7-8-17(18)19/h5-8,10-11H,9,12,20H2,1-2H3. The summed E-state index contributed by atoms with van der Waals surface area (Å²) in [6.07, 6.45) is 0. The minimum atomic E-state index is -0.390. The summed E-state index contributed by atoms with van der Waals surface area (Å²) in [7, 11) is 0. The zero-order valence-electron chi connectivity index (χ0n) is 12.2. The van der Waals surface area contributed by atoms with Gasteiger partial charge in [-0.15, -0.1) is 0 Å². The number of rotatable bonds is 3. The van der Waals surface area contributed by atoms with E-state index in [0.29, 0.717) is 12.2 Å². The number of hydrogen-bond donors (Lipinski definition) is 1. The molecule has 2 N–H and O–H groups in total. The van der Waals surface area contributed by atoms with Crippen LogP contribution in [0.15, 0.2) is 36.4 Å². The minimum absolute atomic E-state index is 0.208. The van der Waals surface area contributed by atoms with E-state index in [1.165, 1.54) is 6.07 Å². The van der Waals surface area contributed by atoms with Crippen LogP contribution < -0.4 is 10.5 Å². The molecule has 0 atom stereocenters. The van der Waals surface area contributed by atoms with Gasteiger partial charge in [-0.1, -0.05) is 35.6 Å². The third-order valence-electron chi connectivity index (χ3n) is 3.15. The SMILES string of the molecule is Cc1ccc(C)c(COc2cc(C#CCN)ccc2F)c1. The highest BCUT2D eigenvalue weighted by atomic mass is 19.1. The fraction of sp³-hybridized carbons (Fsp3) is 0.222. The molecule has 2 aromatic carbocycles. The van der Waals surface area contributed by atoms with E-state index in [0.717, 1.165) is 16.7 Å². The molecule has 0 radical (unpaired) electrons. The first-order chi connectivity index (χ1) is 10.1. The van der Waals surface area contributed by atoms with Crippen molar-refractivity contribution in [2.75, 3.05) is 6.54 Å². The predicted octanol–water partition coefficient (Wildman–Crippen LogP) is 3.33. The van der Waals surface area contributed by atoms with Gasteiger partial charge in [0, 0.05) is 5.56 Å². The van der Waals surface area contributed by atoms with Gasteiger partial charge in [-0.2, -0.15) is 0 Å². The highest BCUT2D eigenvalue weighted by molar-refractivity contribution is 5.41. The van der Waals surface area contributed by atoms with Gasteiger partial charge in [0.2, 0.25) is 0 Å². The van der Waals surface area contributed by atoms with E-state index in [-0.39, 0.29) is 12.3 Å². The number of hydrogen-bond acceptors (Lipinski definition) is 2. The number of benzene rings is 2. The van der Waals surface area contributed by atoms with Crippen molar-refractivity contribution in [2.45, 2.75) is 20.5 Å². The molecule has 0 spiro atoms. The van der Waals surface area contributed by atoms with E-state index in [4.69, 9.17) is 10.5 Å². The lowest BCUT2D eigenvalue weighted by molar-refractivity contribution is 0.289. The van der Waals surface area contributed by atoms with Crippen molar-refractivity contribution >= 4 is 0 Å². The fourth-order valence-corrected chi connectivity index (χ4v) is 1.96. The molecule has 0 bridgehead atoms. The molecule has 0 aliphatic heterocycles. The fourth-order valence-electron chi connectivity index (χ4n) is 1.96. The molecule has 0 heterocycles. The van der Waals surface area contributed by atoms with Crippen LogP contribution in [0.25, 0.3) is 0 Å². The summed E-state index contributed by atoms with van der Waals surface area (Å²) in [6.45, 7) is 4.64. The van der Waals surface area contributed by atoms with Crippen LogP contribution in [-0.4, -0.2) is 6.54 Å². The maximum absolute atomic E-state index is 13.8. The molecule has 0 aliphatic rings. The second-order valence-electron chi connectivity index (χ2n) is 4.87. The average Bonchev–Trinajstić information content (AvgIpc) is 2.48. The topological polar surface area (TPSA) is 35.2 Å². The summed E-state index contributed by atoms with van der Waals surface area (Å²) in [6, 6.07) is 10.7. The number of aryl methyl sites for hydroxylation is 2. The Balaban J connectivity index is 2.17. The second-order valence-corrected chi connectivity index (χ2v) is 4.87. The van der Waals surface area contributed by atoms with Gasteiger partial charge in [0.15, 0.2) is 11.6 Å². The molecule has 0 amide bonds. The summed E-state index contributed by atoms with van der Waals surface area (Å²) in [5, 5.41) is 0. The van der Waals surface area contributed by atoms with Crippen molar-refractivity contribution in [3.05, 3.63) is 64.5 Å². The van der Waals surface area contributed by atoms with Crippen molar-refractivity contribution in [3.8, 4) is 17.6 Å². The van der Waals surface area contributed by atoms with Crippen molar-refractivity contribution in [1.29, 1.82) is 0 Å². The molecule has 108 valence electrons. The third kappa shape index (κ3) is 4.08. The molecule has 0 fully saturated rings. The lowest BCUT2D eigenvalue weighted by atomic mass is 10.1. The second kappa shape index (κ2) is 6.92. The van der Waals surface area contributed by atoms with Crippen LogP contribution in [0.2, 0.25) is 0 Å². The molecule has 2 rings (SSSR count). The zero-order chi connectivity index (χ0) is 15.2. The first-order valence-corrected chi connectivity index (χ1v) is 6.77. The van der Waals surface area contributed by atoms with Crippen molar-refractivity contribution in [3.63, 3.8) is 0 Å². The van der Waals surface area contributed by atoms with E-state index in [9.17, 15) is 4.39 Å². The summed E-state index contributed by atoms with van der Waals surface area (Å²) in [4.78, 5) is 0. The highest BCUT2D eigenvalue weighted by Crippen LogP contribution is 2.21. The Morgan fingerprint density at radius 1 is 1.14 bits per heavy atom. The van der Waals surface area contributed by atoms with E-state index in [1.54, 1.807) is 12.1 Å². The van der Waals surface area contributed by atoms with Crippen molar-refractivity contribution in [1.82, 2.24) is 0 Å². The normalized spacial score (nSPS) is 9.90. The molecule has 0 saturated heterocycles. The van der Waals surface area contributed by atoms with Crippen LogP contribution in [0.5, 0.6) is 5.75 Å².